The predicted octanol–water partition coefficient (Wildman–Crippen LogP) is -1.81. The Morgan fingerprint density at radius 3 is 1.93 bits per heavy atom. The van der Waals surface area contributed by atoms with E-state index in [1.54, 1.807) is 0 Å². The van der Waals surface area contributed by atoms with Crippen LogP contribution in [0.2, 0.25) is 0 Å². The monoisotopic (exact) mass is 218 g/mol. The maximum absolute atomic E-state index is 11.7. The summed E-state index contributed by atoms with van der Waals surface area (Å²) in [5, 5.41) is 33.9. The summed E-state index contributed by atoms with van der Waals surface area (Å²) >= 11 is 0. The molecule has 14 heavy (non-hydrogen) atoms. The summed E-state index contributed by atoms with van der Waals surface area (Å²) in [5.74, 6) is -2.00. The molecule has 5 nitrogen and oxygen atoms in total. The number of carbonyl (C=O) groups excluding carboxylic acids is 1. The highest BCUT2D eigenvalue weighted by Gasteiger charge is 2.46. The van der Waals surface area contributed by atoms with Crippen LogP contribution in [0, 0.1) is 0 Å². The van der Waals surface area contributed by atoms with E-state index in [0.717, 1.165) is 0 Å². The van der Waals surface area contributed by atoms with Crippen LogP contribution in [-0.2, 0) is 4.79 Å². The van der Waals surface area contributed by atoms with Crippen LogP contribution in [0.4, 0.5) is 13.2 Å². The van der Waals surface area contributed by atoms with E-state index in [0.29, 0.717) is 0 Å². The molecule has 0 bridgehead atoms. The minimum atomic E-state index is -5.20. The first-order valence-electron chi connectivity index (χ1n) is 3.47. The van der Waals surface area contributed by atoms with Crippen molar-refractivity contribution in [3.05, 3.63) is 0 Å². The van der Waals surface area contributed by atoms with Gasteiger partial charge in [0.1, 0.15) is 12.2 Å². The second-order valence-corrected chi connectivity index (χ2v) is 2.54. The summed E-state index contributed by atoms with van der Waals surface area (Å²) in [5.41, 5.74) is 0. The van der Waals surface area contributed by atoms with Gasteiger partial charge in [-0.3, -0.25) is 4.79 Å². The first-order valence-corrected chi connectivity index (χ1v) is 3.47. The number of hydrogen-bond donors (Lipinski definition) is 4. The topological polar surface area (TPSA) is 98.0 Å². The van der Waals surface area contributed by atoms with Crippen LogP contribution in [0.25, 0.3) is 0 Å². The molecule has 0 aliphatic rings. The van der Waals surface area contributed by atoms with E-state index >= 15 is 0 Å². The van der Waals surface area contributed by atoms with Crippen molar-refractivity contribution in [3.63, 3.8) is 0 Å². The second-order valence-electron chi connectivity index (χ2n) is 2.54. The van der Waals surface area contributed by atoms with Crippen molar-refractivity contribution in [2.75, 3.05) is 6.61 Å². The van der Waals surface area contributed by atoms with E-state index in [-0.39, 0.29) is 0 Å². The molecule has 0 aromatic carbocycles. The lowest BCUT2D eigenvalue weighted by atomic mass is 10.1. The van der Waals surface area contributed by atoms with Crippen molar-refractivity contribution in [2.45, 2.75) is 24.5 Å². The van der Waals surface area contributed by atoms with Gasteiger partial charge in [-0.05, 0) is 0 Å². The van der Waals surface area contributed by atoms with E-state index in [2.05, 4.69) is 0 Å². The molecule has 8 heteroatoms. The zero-order valence-corrected chi connectivity index (χ0v) is 6.77. The van der Waals surface area contributed by atoms with Gasteiger partial charge in [-0.25, -0.2) is 0 Å². The van der Waals surface area contributed by atoms with Crippen LogP contribution in [-0.4, -0.2) is 57.3 Å². The molecule has 4 N–H and O–H groups in total. The number of hydrogen-bond acceptors (Lipinski definition) is 5. The summed E-state index contributed by atoms with van der Waals surface area (Å²) in [6.07, 6.45) is -13.1. The third kappa shape index (κ3) is 3.22. The van der Waals surface area contributed by atoms with E-state index in [1.165, 1.54) is 0 Å². The maximum Gasteiger partial charge on any atom is 0.421 e. The lowest BCUT2D eigenvalue weighted by Crippen LogP contribution is -2.47. The van der Waals surface area contributed by atoms with Gasteiger partial charge >= 0.3 is 6.18 Å². The molecule has 0 saturated heterocycles. The third-order valence-corrected chi connectivity index (χ3v) is 1.42. The van der Waals surface area contributed by atoms with E-state index in [9.17, 15) is 18.0 Å². The standard InChI is InChI=1S/C6H9F3O5/c7-6(8,9)5(14)4(13)3(12)2(11)1-10/h2-3,5,10-12,14H,1H2/t2-,3+,5-/m0/s1. The molecule has 0 rings (SSSR count). The molecular formula is C6H9F3O5. The highest BCUT2D eigenvalue weighted by Crippen LogP contribution is 2.21. The highest BCUT2D eigenvalue weighted by atomic mass is 19.4. The van der Waals surface area contributed by atoms with Crippen LogP contribution in [0.1, 0.15) is 0 Å². The molecule has 0 spiro atoms. The number of rotatable bonds is 4. The Morgan fingerprint density at radius 2 is 1.64 bits per heavy atom. The Kier molecular flexibility index (Phi) is 4.46. The SMILES string of the molecule is O=C([C@H](O)[C@@H](O)CO)[C@H](O)C(F)(F)F. The number of ketones is 1. The zero-order valence-electron chi connectivity index (χ0n) is 6.77. The van der Waals surface area contributed by atoms with Gasteiger partial charge in [-0.2, -0.15) is 13.2 Å². The van der Waals surface area contributed by atoms with Gasteiger partial charge < -0.3 is 20.4 Å². The second kappa shape index (κ2) is 4.69. The van der Waals surface area contributed by atoms with Gasteiger partial charge in [0.2, 0.25) is 11.9 Å². The minimum Gasteiger partial charge on any atom is -0.394 e. The lowest BCUT2D eigenvalue weighted by molar-refractivity contribution is -0.210. The number of Topliss-reactive ketones (excluding diaryl/α,β-unsaturated/α-hetero) is 1. The number of halogens is 3. The average Bonchev–Trinajstić information content (AvgIpc) is 2.11. The van der Waals surface area contributed by atoms with E-state index in [1.807, 2.05) is 0 Å². The van der Waals surface area contributed by atoms with Crippen molar-refractivity contribution in [1.29, 1.82) is 0 Å². The third-order valence-electron chi connectivity index (χ3n) is 1.42. The van der Waals surface area contributed by atoms with Crippen molar-refractivity contribution in [3.8, 4) is 0 Å². The quantitative estimate of drug-likeness (QED) is 0.446. The van der Waals surface area contributed by atoms with Gasteiger partial charge in [-0.1, -0.05) is 0 Å². The fourth-order valence-corrected chi connectivity index (χ4v) is 0.613. The van der Waals surface area contributed by atoms with Crippen LogP contribution in [0.5, 0.6) is 0 Å². The number of alkyl halides is 3. The molecule has 0 aliphatic heterocycles. The largest absolute Gasteiger partial charge is 0.421 e. The summed E-state index contributed by atoms with van der Waals surface area (Å²) in [6.45, 7) is -1.09. The van der Waals surface area contributed by atoms with Gasteiger partial charge in [0.25, 0.3) is 0 Å². The summed E-state index contributed by atoms with van der Waals surface area (Å²) in [6, 6.07) is 0. The predicted molar refractivity (Wildman–Crippen MR) is 36.2 cm³/mol. The highest BCUT2D eigenvalue weighted by molar-refractivity contribution is 5.88. The summed E-state index contributed by atoms with van der Waals surface area (Å²) in [7, 11) is 0. The summed E-state index contributed by atoms with van der Waals surface area (Å²) < 4.78 is 35.1. The Labute approximate surface area is 76.4 Å². The zero-order chi connectivity index (χ0) is 11.5. The van der Waals surface area contributed by atoms with Crippen molar-refractivity contribution in [2.24, 2.45) is 0 Å². The van der Waals surface area contributed by atoms with Crippen molar-refractivity contribution >= 4 is 5.78 Å². The first kappa shape index (κ1) is 13.3. The molecule has 0 amide bonds. The molecule has 0 aromatic rings. The van der Waals surface area contributed by atoms with E-state index < -0.39 is 36.9 Å². The van der Waals surface area contributed by atoms with Gasteiger partial charge in [0.15, 0.2) is 0 Å². The summed E-state index contributed by atoms with van der Waals surface area (Å²) in [4.78, 5) is 10.6. The van der Waals surface area contributed by atoms with Crippen LogP contribution in [0.3, 0.4) is 0 Å². The molecule has 3 atom stereocenters. The lowest BCUT2D eigenvalue weighted by Gasteiger charge is -2.19. The van der Waals surface area contributed by atoms with E-state index in [4.69, 9.17) is 20.4 Å². The van der Waals surface area contributed by atoms with Crippen molar-refractivity contribution in [1.82, 2.24) is 0 Å². The average molecular weight is 218 g/mol. The molecule has 0 aromatic heterocycles. The molecule has 0 heterocycles. The maximum atomic E-state index is 11.7. The molecule has 84 valence electrons. The molecule has 0 aliphatic carbocycles. The fraction of sp³-hybridized carbons (Fsp3) is 0.833. The Bertz CT molecular complexity index is 204. The molecule has 0 fully saturated rings. The molecule has 0 unspecified atom stereocenters. The fourth-order valence-electron chi connectivity index (χ4n) is 0.613. The number of carbonyl (C=O) groups is 1. The van der Waals surface area contributed by atoms with Crippen LogP contribution < -0.4 is 0 Å². The van der Waals surface area contributed by atoms with Gasteiger partial charge in [0, 0.05) is 0 Å². The molecular weight excluding hydrogens is 209 g/mol. The van der Waals surface area contributed by atoms with Crippen LogP contribution >= 0.6 is 0 Å². The first-order chi connectivity index (χ1) is 6.21. The smallest absolute Gasteiger partial charge is 0.394 e. The Morgan fingerprint density at radius 1 is 1.21 bits per heavy atom. The molecule has 0 radical (unpaired) electrons. The number of aliphatic hydroxyl groups excluding tert-OH is 4. The normalized spacial score (nSPS) is 18.8. The van der Waals surface area contributed by atoms with Crippen LogP contribution in [0.15, 0.2) is 0 Å². The Hall–Kier alpha value is -0.700. The number of aliphatic hydroxyl groups is 4. The van der Waals surface area contributed by atoms with Gasteiger partial charge in [-0.15, -0.1) is 0 Å². The minimum absolute atomic E-state index is 1.09. The van der Waals surface area contributed by atoms with Gasteiger partial charge in [0.05, 0.1) is 6.61 Å². The van der Waals surface area contributed by atoms with Crippen molar-refractivity contribution < 1.29 is 38.4 Å². The Balaban J connectivity index is 4.47. The molecule has 0 saturated carbocycles.